The van der Waals surface area contributed by atoms with E-state index < -0.39 is 0 Å². The van der Waals surface area contributed by atoms with Gasteiger partial charge in [0.15, 0.2) is 0 Å². The molecule has 0 atom stereocenters. The summed E-state index contributed by atoms with van der Waals surface area (Å²) in [5.74, 6) is 0. The van der Waals surface area contributed by atoms with Crippen molar-refractivity contribution in [2.75, 3.05) is 11.9 Å². The Morgan fingerprint density at radius 1 is 1.00 bits per heavy atom. The maximum Gasteiger partial charge on any atom is 0.103 e. The highest BCUT2D eigenvalue weighted by Gasteiger charge is 2.11. The van der Waals surface area contributed by atoms with E-state index in [1.807, 2.05) is 73.2 Å². The van der Waals surface area contributed by atoms with Crippen LogP contribution in [0.2, 0.25) is 0 Å². The van der Waals surface area contributed by atoms with Crippen molar-refractivity contribution < 1.29 is 0 Å². The van der Waals surface area contributed by atoms with Crippen LogP contribution in [0.1, 0.15) is 33.6 Å². The highest BCUT2D eigenvalue weighted by molar-refractivity contribution is 5.90. The van der Waals surface area contributed by atoms with Crippen LogP contribution in [0, 0.1) is 18.3 Å². The summed E-state index contributed by atoms with van der Waals surface area (Å²) in [6, 6.07) is 18.4. The van der Waals surface area contributed by atoms with Gasteiger partial charge in [0, 0.05) is 59.7 Å². The Kier molecular flexibility index (Phi) is 7.30. The summed E-state index contributed by atoms with van der Waals surface area (Å²) in [4.78, 5) is 16.3. The van der Waals surface area contributed by atoms with E-state index in [1.54, 1.807) is 12.4 Å². The Labute approximate surface area is 216 Å². The molecule has 3 N–H and O–H groups in total. The minimum atomic E-state index is 0.482. The molecule has 5 aromatic rings. The van der Waals surface area contributed by atoms with Crippen molar-refractivity contribution in [1.82, 2.24) is 25.3 Å². The molecule has 0 bridgehead atoms. The predicted molar refractivity (Wildman–Crippen MR) is 148 cm³/mol. The maximum absolute atomic E-state index is 9.74. The van der Waals surface area contributed by atoms with Crippen molar-refractivity contribution in [1.29, 1.82) is 5.26 Å². The number of anilines is 2. The SMILES string of the molecule is Cc1c(Nc2c(C#N)cncc2C=Cc2cccc(CNCCc3ccncc3)n2)ccc2[nH]ccc12. The number of aromatic amines is 1. The van der Waals surface area contributed by atoms with Crippen LogP contribution >= 0.6 is 0 Å². The molecule has 0 fully saturated rings. The van der Waals surface area contributed by atoms with Gasteiger partial charge in [0.2, 0.25) is 0 Å². The Morgan fingerprint density at radius 2 is 1.89 bits per heavy atom. The summed E-state index contributed by atoms with van der Waals surface area (Å²) < 4.78 is 0. The fraction of sp³-hybridized carbons (Fsp3) is 0.133. The molecule has 37 heavy (non-hydrogen) atoms. The Hall–Kier alpha value is -4.80. The molecule has 0 aliphatic rings. The van der Waals surface area contributed by atoms with Crippen molar-refractivity contribution in [3.8, 4) is 6.07 Å². The number of H-pyrrole nitrogens is 1. The zero-order valence-electron chi connectivity index (χ0n) is 20.6. The lowest BCUT2D eigenvalue weighted by molar-refractivity contribution is 0.674. The number of hydrogen-bond donors (Lipinski definition) is 3. The third-order valence-electron chi connectivity index (χ3n) is 6.27. The van der Waals surface area contributed by atoms with Crippen molar-refractivity contribution in [3.05, 3.63) is 113 Å². The van der Waals surface area contributed by atoms with E-state index in [0.29, 0.717) is 12.1 Å². The van der Waals surface area contributed by atoms with Crippen LogP contribution in [0.15, 0.2) is 79.5 Å². The first-order chi connectivity index (χ1) is 18.2. The molecule has 0 saturated carbocycles. The number of rotatable bonds is 9. The molecule has 0 aliphatic heterocycles. The third-order valence-corrected chi connectivity index (χ3v) is 6.27. The number of hydrogen-bond acceptors (Lipinski definition) is 6. The van der Waals surface area contributed by atoms with Crippen LogP contribution < -0.4 is 10.6 Å². The molecule has 0 unspecified atom stereocenters. The quantitative estimate of drug-likeness (QED) is 0.229. The summed E-state index contributed by atoms with van der Waals surface area (Å²) >= 11 is 0. The van der Waals surface area contributed by atoms with Gasteiger partial charge >= 0.3 is 0 Å². The third kappa shape index (κ3) is 5.72. The number of nitrogens with one attached hydrogen (secondary N) is 3. The first kappa shape index (κ1) is 23.9. The molecule has 4 heterocycles. The van der Waals surface area contributed by atoms with Gasteiger partial charge in [-0.15, -0.1) is 0 Å². The van der Waals surface area contributed by atoms with Crippen molar-refractivity contribution >= 4 is 34.4 Å². The highest BCUT2D eigenvalue weighted by atomic mass is 14.9. The molecule has 0 radical (unpaired) electrons. The molecule has 7 heteroatoms. The van der Waals surface area contributed by atoms with Crippen LogP contribution in [0.4, 0.5) is 11.4 Å². The predicted octanol–water partition coefficient (Wildman–Crippen LogP) is 5.78. The zero-order chi connectivity index (χ0) is 25.5. The molecular formula is C30H27N7. The van der Waals surface area contributed by atoms with Crippen LogP contribution in [0.5, 0.6) is 0 Å². The Bertz CT molecular complexity index is 1580. The normalized spacial score (nSPS) is 11.1. The van der Waals surface area contributed by atoms with E-state index in [9.17, 15) is 5.26 Å². The number of nitrogens with zero attached hydrogens (tertiary/aromatic N) is 4. The number of benzene rings is 1. The molecule has 7 nitrogen and oxygen atoms in total. The molecule has 5 rings (SSSR count). The molecule has 0 aliphatic carbocycles. The van der Waals surface area contributed by atoms with Crippen molar-refractivity contribution in [2.45, 2.75) is 19.9 Å². The molecule has 182 valence electrons. The largest absolute Gasteiger partial charge is 0.361 e. The van der Waals surface area contributed by atoms with Gasteiger partial charge in [-0.25, -0.2) is 0 Å². The number of pyridine rings is 3. The maximum atomic E-state index is 9.74. The average molecular weight is 486 g/mol. The number of nitriles is 1. The van der Waals surface area contributed by atoms with E-state index in [0.717, 1.165) is 57.8 Å². The topological polar surface area (TPSA) is 102 Å². The van der Waals surface area contributed by atoms with E-state index in [1.165, 1.54) is 5.56 Å². The van der Waals surface area contributed by atoms with E-state index >= 15 is 0 Å². The smallest absolute Gasteiger partial charge is 0.103 e. The summed E-state index contributed by atoms with van der Waals surface area (Å²) in [5, 5.41) is 17.8. The standard InChI is InChI=1S/C30H27N7/c1-21-27-12-16-35-29(27)8-7-28(21)37-30-23(18-34-19-24(30)17-31)5-6-25-3-2-4-26(36-25)20-33-15-11-22-9-13-32-14-10-22/h2-10,12-14,16,18-19,33,35H,11,15,20H2,1H3,(H,34,37). The van der Waals surface area contributed by atoms with Crippen molar-refractivity contribution in [2.24, 2.45) is 0 Å². The number of fused-ring (bicyclic) bond motifs is 1. The average Bonchev–Trinajstić information content (AvgIpc) is 3.43. The van der Waals surface area contributed by atoms with Crippen LogP contribution in [-0.2, 0) is 13.0 Å². The molecule has 0 spiro atoms. The summed E-state index contributed by atoms with van der Waals surface area (Å²) in [7, 11) is 0. The van der Waals surface area contributed by atoms with Gasteiger partial charge in [-0.05, 0) is 85.6 Å². The lowest BCUT2D eigenvalue weighted by Gasteiger charge is -2.14. The fourth-order valence-corrected chi connectivity index (χ4v) is 4.24. The first-order valence-electron chi connectivity index (χ1n) is 12.2. The van der Waals surface area contributed by atoms with Gasteiger partial charge in [-0.1, -0.05) is 6.07 Å². The summed E-state index contributed by atoms with van der Waals surface area (Å²) in [6.45, 7) is 3.62. The molecule has 4 aromatic heterocycles. The van der Waals surface area contributed by atoms with E-state index in [2.05, 4.69) is 44.6 Å². The van der Waals surface area contributed by atoms with Gasteiger partial charge in [0.1, 0.15) is 6.07 Å². The van der Waals surface area contributed by atoms with E-state index in [-0.39, 0.29) is 0 Å². The van der Waals surface area contributed by atoms with Gasteiger partial charge in [0.25, 0.3) is 0 Å². The second kappa shape index (κ2) is 11.3. The van der Waals surface area contributed by atoms with Gasteiger partial charge < -0.3 is 15.6 Å². The van der Waals surface area contributed by atoms with E-state index in [4.69, 9.17) is 4.98 Å². The monoisotopic (exact) mass is 485 g/mol. The summed E-state index contributed by atoms with van der Waals surface area (Å²) in [5.41, 5.74) is 8.22. The van der Waals surface area contributed by atoms with Gasteiger partial charge in [0.05, 0.1) is 22.6 Å². The van der Waals surface area contributed by atoms with Crippen LogP contribution in [0.25, 0.3) is 23.1 Å². The first-order valence-corrected chi connectivity index (χ1v) is 12.2. The van der Waals surface area contributed by atoms with Gasteiger partial charge in [-0.3, -0.25) is 15.0 Å². The Morgan fingerprint density at radius 3 is 2.76 bits per heavy atom. The molecular weight excluding hydrogens is 458 g/mol. The lowest BCUT2D eigenvalue weighted by Crippen LogP contribution is -2.17. The van der Waals surface area contributed by atoms with Crippen LogP contribution in [-0.4, -0.2) is 26.5 Å². The van der Waals surface area contributed by atoms with Crippen LogP contribution in [0.3, 0.4) is 0 Å². The molecule has 0 saturated heterocycles. The minimum Gasteiger partial charge on any atom is -0.361 e. The second-order valence-corrected chi connectivity index (χ2v) is 8.73. The zero-order valence-corrected chi connectivity index (χ0v) is 20.6. The fourth-order valence-electron chi connectivity index (χ4n) is 4.24. The lowest BCUT2D eigenvalue weighted by atomic mass is 10.1. The second-order valence-electron chi connectivity index (χ2n) is 8.73. The molecule has 1 aromatic carbocycles. The highest BCUT2D eigenvalue weighted by Crippen LogP contribution is 2.31. The number of aromatic nitrogens is 4. The minimum absolute atomic E-state index is 0.482. The van der Waals surface area contributed by atoms with Gasteiger partial charge in [-0.2, -0.15) is 5.26 Å². The molecule has 0 amide bonds. The van der Waals surface area contributed by atoms with Crippen molar-refractivity contribution in [3.63, 3.8) is 0 Å². The summed E-state index contributed by atoms with van der Waals surface area (Å²) in [6.07, 6.45) is 13.7. The number of aryl methyl sites for hydroxylation is 1. The Balaban J connectivity index is 1.31.